The smallest absolute Gasteiger partial charge is 0.239 e. The number of para-hydroxylation sites is 1. The zero-order chi connectivity index (χ0) is 19.4. The molecule has 1 aliphatic heterocycles. The van der Waals surface area contributed by atoms with Crippen LogP contribution >= 0.6 is 0 Å². The second-order valence-electron chi connectivity index (χ2n) is 6.50. The number of ether oxygens (including phenoxy) is 2. The zero-order valence-corrected chi connectivity index (χ0v) is 15.6. The lowest BCUT2D eigenvalue weighted by molar-refractivity contribution is -0.123. The summed E-state index contributed by atoms with van der Waals surface area (Å²) < 4.78 is 24.2. The van der Waals surface area contributed by atoms with Crippen molar-refractivity contribution in [2.24, 2.45) is 0 Å². The summed E-state index contributed by atoms with van der Waals surface area (Å²) in [5.74, 6) is 0.357. The predicted molar refractivity (Wildman–Crippen MR) is 99.9 cm³/mol. The van der Waals surface area contributed by atoms with Crippen molar-refractivity contribution in [3.8, 4) is 11.5 Å². The van der Waals surface area contributed by atoms with Gasteiger partial charge < -0.3 is 14.8 Å². The molecular weight excluding hydrogens is 349 g/mol. The van der Waals surface area contributed by atoms with Gasteiger partial charge in [0.05, 0.1) is 26.3 Å². The van der Waals surface area contributed by atoms with E-state index in [1.165, 1.54) is 13.2 Å². The Bertz CT molecular complexity index is 815. The van der Waals surface area contributed by atoms with Crippen molar-refractivity contribution in [3.05, 3.63) is 59.4 Å². The number of methoxy groups -OCH3 is 2. The predicted octanol–water partition coefficient (Wildman–Crippen LogP) is 2.63. The van der Waals surface area contributed by atoms with Gasteiger partial charge in [-0.3, -0.25) is 4.79 Å². The van der Waals surface area contributed by atoms with Gasteiger partial charge in [0.15, 0.2) is 11.6 Å². The number of carbonyl (C=O) groups is 1. The van der Waals surface area contributed by atoms with Crippen LogP contribution in [0, 0.1) is 5.82 Å². The third-order valence-electron chi connectivity index (χ3n) is 4.77. The fourth-order valence-electron chi connectivity index (χ4n) is 3.24. The number of hydrogen-bond acceptors (Lipinski definition) is 5. The van der Waals surface area contributed by atoms with E-state index in [9.17, 15) is 9.18 Å². The summed E-state index contributed by atoms with van der Waals surface area (Å²) in [7, 11) is 3.04. The first-order valence-electron chi connectivity index (χ1n) is 8.81. The molecule has 0 radical (unpaired) electrons. The molecule has 3 rings (SSSR count). The largest absolute Gasteiger partial charge is 0.496 e. The summed E-state index contributed by atoms with van der Waals surface area (Å²) >= 11 is 0. The Morgan fingerprint density at radius 2 is 1.89 bits per heavy atom. The number of hydrogen-bond donors (Lipinski definition) is 3. The van der Waals surface area contributed by atoms with Gasteiger partial charge in [-0.2, -0.15) is 0 Å². The molecule has 27 heavy (non-hydrogen) atoms. The highest BCUT2D eigenvalue weighted by Crippen LogP contribution is 2.30. The molecule has 1 heterocycles. The standard InChI is InChI=1S/C20H24FN3O3/c1-12(13-8-9-19(27-3)15(21)10-13)22-20(25)17-11-16(23-24-17)14-6-4-5-7-18(14)26-2/h4-10,12,16-17,23-24H,11H2,1-3H3,(H,22,25). The maximum absolute atomic E-state index is 13.9. The van der Waals surface area contributed by atoms with Crippen LogP contribution in [0.3, 0.4) is 0 Å². The maximum Gasteiger partial charge on any atom is 0.239 e. The van der Waals surface area contributed by atoms with E-state index in [2.05, 4.69) is 16.2 Å². The minimum Gasteiger partial charge on any atom is -0.496 e. The molecular formula is C20H24FN3O3. The topological polar surface area (TPSA) is 71.6 Å². The number of amides is 1. The minimum atomic E-state index is -0.451. The van der Waals surface area contributed by atoms with Crippen LogP contribution in [0.5, 0.6) is 11.5 Å². The lowest BCUT2D eigenvalue weighted by Gasteiger charge is -2.18. The monoisotopic (exact) mass is 373 g/mol. The van der Waals surface area contributed by atoms with E-state index in [0.717, 1.165) is 11.3 Å². The number of rotatable bonds is 6. The summed E-state index contributed by atoms with van der Waals surface area (Å²) in [6.07, 6.45) is 0.579. The summed E-state index contributed by atoms with van der Waals surface area (Å²) in [6.45, 7) is 1.82. The van der Waals surface area contributed by atoms with Gasteiger partial charge in [0.1, 0.15) is 11.8 Å². The summed E-state index contributed by atoms with van der Waals surface area (Å²) in [5.41, 5.74) is 7.85. The van der Waals surface area contributed by atoms with E-state index in [4.69, 9.17) is 9.47 Å². The zero-order valence-electron chi connectivity index (χ0n) is 15.6. The molecule has 2 aromatic rings. The lowest BCUT2D eigenvalue weighted by atomic mass is 10.0. The van der Waals surface area contributed by atoms with Crippen molar-refractivity contribution < 1.29 is 18.7 Å². The molecule has 0 aliphatic carbocycles. The van der Waals surface area contributed by atoms with E-state index < -0.39 is 11.9 Å². The average Bonchev–Trinajstić information content (AvgIpc) is 3.18. The molecule has 1 amide bonds. The van der Waals surface area contributed by atoms with E-state index in [0.29, 0.717) is 12.0 Å². The maximum atomic E-state index is 13.9. The number of benzene rings is 2. The second-order valence-corrected chi connectivity index (χ2v) is 6.50. The first-order valence-corrected chi connectivity index (χ1v) is 8.81. The summed E-state index contributed by atoms with van der Waals surface area (Å²) in [4.78, 5) is 12.6. The normalized spacial score (nSPS) is 20.1. The van der Waals surface area contributed by atoms with Gasteiger partial charge >= 0.3 is 0 Å². The van der Waals surface area contributed by atoms with Gasteiger partial charge in [-0.1, -0.05) is 24.3 Å². The van der Waals surface area contributed by atoms with Crippen LogP contribution in [0.2, 0.25) is 0 Å². The SMILES string of the molecule is COc1ccc(C(C)NC(=O)C2CC(c3ccccc3OC)NN2)cc1F. The number of halogens is 1. The molecule has 7 heteroatoms. The molecule has 1 fully saturated rings. The first-order chi connectivity index (χ1) is 13.0. The molecule has 1 aliphatic rings. The third-order valence-corrected chi connectivity index (χ3v) is 4.77. The second kappa shape index (κ2) is 8.37. The lowest BCUT2D eigenvalue weighted by Crippen LogP contribution is -2.43. The number of hydrazine groups is 1. The van der Waals surface area contributed by atoms with Crippen LogP contribution in [-0.2, 0) is 4.79 Å². The molecule has 1 saturated heterocycles. The van der Waals surface area contributed by atoms with Crippen LogP contribution in [0.15, 0.2) is 42.5 Å². The van der Waals surface area contributed by atoms with Crippen molar-refractivity contribution in [2.45, 2.75) is 31.5 Å². The molecule has 2 aromatic carbocycles. The van der Waals surface area contributed by atoms with E-state index in [-0.39, 0.29) is 23.7 Å². The van der Waals surface area contributed by atoms with Crippen molar-refractivity contribution >= 4 is 5.91 Å². The van der Waals surface area contributed by atoms with Crippen LogP contribution in [0.1, 0.15) is 36.6 Å². The number of nitrogens with one attached hydrogen (secondary N) is 3. The van der Waals surface area contributed by atoms with Crippen LogP contribution in [0.4, 0.5) is 4.39 Å². The average molecular weight is 373 g/mol. The van der Waals surface area contributed by atoms with Crippen molar-refractivity contribution in [1.29, 1.82) is 0 Å². The summed E-state index contributed by atoms with van der Waals surface area (Å²) in [5, 5.41) is 2.92. The van der Waals surface area contributed by atoms with E-state index >= 15 is 0 Å². The molecule has 144 valence electrons. The fraction of sp³-hybridized carbons (Fsp3) is 0.350. The highest BCUT2D eigenvalue weighted by atomic mass is 19.1. The molecule has 0 aromatic heterocycles. The highest BCUT2D eigenvalue weighted by molar-refractivity contribution is 5.82. The quantitative estimate of drug-likeness (QED) is 0.726. The van der Waals surface area contributed by atoms with Crippen LogP contribution in [-0.4, -0.2) is 26.2 Å². The molecule has 0 bridgehead atoms. The molecule has 0 spiro atoms. The first kappa shape index (κ1) is 19.1. The third kappa shape index (κ3) is 4.20. The van der Waals surface area contributed by atoms with Crippen molar-refractivity contribution in [1.82, 2.24) is 16.2 Å². The van der Waals surface area contributed by atoms with Gasteiger partial charge in [0, 0.05) is 5.56 Å². The summed E-state index contributed by atoms with van der Waals surface area (Å²) in [6, 6.07) is 11.6. The van der Waals surface area contributed by atoms with Crippen LogP contribution < -0.4 is 25.6 Å². The number of carbonyl (C=O) groups excluding carboxylic acids is 1. The Morgan fingerprint density at radius 3 is 2.59 bits per heavy atom. The van der Waals surface area contributed by atoms with Gasteiger partial charge in [-0.05, 0) is 37.1 Å². The Labute approximate surface area is 158 Å². The molecule has 3 N–H and O–H groups in total. The fourth-order valence-corrected chi connectivity index (χ4v) is 3.24. The molecule has 3 atom stereocenters. The Kier molecular flexibility index (Phi) is 5.93. The van der Waals surface area contributed by atoms with Crippen molar-refractivity contribution in [2.75, 3.05) is 14.2 Å². The molecule has 0 saturated carbocycles. The molecule has 6 nitrogen and oxygen atoms in total. The van der Waals surface area contributed by atoms with E-state index in [1.807, 2.05) is 31.2 Å². The minimum absolute atomic E-state index is 0.0364. The Balaban J connectivity index is 1.63. The highest BCUT2D eigenvalue weighted by Gasteiger charge is 2.32. The van der Waals surface area contributed by atoms with Crippen molar-refractivity contribution in [3.63, 3.8) is 0 Å². The van der Waals surface area contributed by atoms with Gasteiger partial charge in [-0.25, -0.2) is 15.2 Å². The Hall–Kier alpha value is -2.64. The van der Waals surface area contributed by atoms with E-state index in [1.54, 1.807) is 19.2 Å². The van der Waals surface area contributed by atoms with Gasteiger partial charge in [0.2, 0.25) is 5.91 Å². The van der Waals surface area contributed by atoms with Gasteiger partial charge in [-0.15, -0.1) is 0 Å². The van der Waals surface area contributed by atoms with Crippen LogP contribution in [0.25, 0.3) is 0 Å². The van der Waals surface area contributed by atoms with Gasteiger partial charge in [0.25, 0.3) is 0 Å². The Morgan fingerprint density at radius 1 is 1.15 bits per heavy atom. The molecule has 3 unspecified atom stereocenters.